The van der Waals surface area contributed by atoms with Crippen LogP contribution in [0.2, 0.25) is 0 Å². The molecule has 0 bridgehead atoms. The molecule has 0 saturated carbocycles. The summed E-state index contributed by atoms with van der Waals surface area (Å²) < 4.78 is 0. The lowest BCUT2D eigenvalue weighted by Crippen LogP contribution is -1.91. The topological polar surface area (TPSA) is 55.5 Å². The number of nitrogen functional groups attached to an aromatic ring is 1. The van der Waals surface area contributed by atoms with Gasteiger partial charge >= 0.3 is 0 Å². The number of aryl methyl sites for hydroxylation is 1. The van der Waals surface area contributed by atoms with Crippen LogP contribution in [0.1, 0.15) is 11.1 Å². The number of nitrogens with zero attached hydrogens (tertiary/aromatic N) is 1. The normalized spacial score (nSPS) is 8.83. The number of nitrogens with two attached hydrogens (primary N) is 1. The number of hydrogen-bond acceptors (Lipinski definition) is 3. The number of nitroso groups, excluding NO2 is 1. The van der Waals surface area contributed by atoms with Crippen molar-refractivity contribution in [3.05, 3.63) is 28.2 Å². The van der Waals surface area contributed by atoms with Crippen LogP contribution in [0.15, 0.2) is 17.3 Å². The Hall–Kier alpha value is -1.09. The van der Waals surface area contributed by atoms with E-state index in [9.17, 15) is 4.91 Å². The number of anilines is 1. The van der Waals surface area contributed by atoms with E-state index < -0.39 is 0 Å². The van der Waals surface area contributed by atoms with Crippen molar-refractivity contribution in [2.75, 3.05) is 5.73 Å². The average Bonchev–Trinajstić information content (AvgIpc) is 2.01. The summed E-state index contributed by atoms with van der Waals surface area (Å²) in [6.45, 7) is 3.82. The molecule has 4 heteroatoms. The van der Waals surface area contributed by atoms with Crippen LogP contribution in [-0.2, 0) is 0 Å². The van der Waals surface area contributed by atoms with Crippen molar-refractivity contribution in [1.82, 2.24) is 0 Å². The predicted molar refractivity (Wildman–Crippen MR) is 53.0 cm³/mol. The first-order valence-electron chi connectivity index (χ1n) is 3.36. The van der Waals surface area contributed by atoms with Crippen molar-refractivity contribution in [2.45, 2.75) is 13.8 Å². The summed E-state index contributed by atoms with van der Waals surface area (Å²) in [5.41, 5.74) is 8.42. The lowest BCUT2D eigenvalue weighted by atomic mass is 10.1. The van der Waals surface area contributed by atoms with E-state index in [1.165, 1.54) is 0 Å². The maximum atomic E-state index is 10.2. The van der Waals surface area contributed by atoms with Crippen LogP contribution in [0, 0.1) is 18.8 Å². The van der Waals surface area contributed by atoms with Gasteiger partial charge < -0.3 is 5.73 Å². The Bertz CT molecular complexity index is 299. The second-order valence-electron chi connectivity index (χ2n) is 2.53. The van der Waals surface area contributed by atoms with E-state index in [4.69, 9.17) is 5.73 Å². The third-order valence-electron chi connectivity index (χ3n) is 1.86. The lowest BCUT2D eigenvalue weighted by Gasteiger charge is -2.04. The molecule has 0 heterocycles. The molecule has 12 heavy (non-hydrogen) atoms. The molecule has 0 fully saturated rings. The van der Waals surface area contributed by atoms with Crippen molar-refractivity contribution in [2.24, 2.45) is 5.18 Å². The zero-order valence-electron chi connectivity index (χ0n) is 7.00. The van der Waals surface area contributed by atoms with Gasteiger partial charge in [-0.1, -0.05) is 6.07 Å². The largest absolute Gasteiger partial charge is 0.397 e. The molecule has 0 radical (unpaired) electrons. The molecule has 1 aromatic carbocycles. The Morgan fingerprint density at radius 3 is 2.42 bits per heavy atom. The highest BCUT2D eigenvalue weighted by molar-refractivity contribution is 5.85. The van der Waals surface area contributed by atoms with Crippen molar-refractivity contribution in [1.29, 1.82) is 0 Å². The predicted octanol–water partition coefficient (Wildman–Crippen LogP) is 2.71. The monoisotopic (exact) mass is 186 g/mol. The number of hydrogen-bond donors (Lipinski definition) is 1. The Morgan fingerprint density at radius 2 is 1.92 bits per heavy atom. The molecular formula is C8H11ClN2O. The fourth-order valence-electron chi connectivity index (χ4n) is 0.903. The van der Waals surface area contributed by atoms with E-state index in [2.05, 4.69) is 5.18 Å². The molecule has 1 rings (SSSR count). The summed E-state index contributed by atoms with van der Waals surface area (Å²) in [4.78, 5) is 10.2. The first-order valence-corrected chi connectivity index (χ1v) is 3.36. The van der Waals surface area contributed by atoms with Gasteiger partial charge in [-0.05, 0) is 36.2 Å². The fraction of sp³-hybridized carbons (Fsp3) is 0.250. The number of rotatable bonds is 1. The van der Waals surface area contributed by atoms with E-state index in [0.29, 0.717) is 11.4 Å². The van der Waals surface area contributed by atoms with E-state index >= 15 is 0 Å². The van der Waals surface area contributed by atoms with E-state index in [-0.39, 0.29) is 12.4 Å². The zero-order valence-corrected chi connectivity index (χ0v) is 7.81. The summed E-state index contributed by atoms with van der Waals surface area (Å²) in [6.07, 6.45) is 0. The number of halogens is 1. The van der Waals surface area contributed by atoms with Gasteiger partial charge in [-0.3, -0.25) is 0 Å². The third kappa shape index (κ3) is 1.74. The highest BCUT2D eigenvalue weighted by Crippen LogP contribution is 2.26. The third-order valence-corrected chi connectivity index (χ3v) is 1.86. The van der Waals surface area contributed by atoms with Crippen LogP contribution in [-0.4, -0.2) is 0 Å². The minimum Gasteiger partial charge on any atom is -0.397 e. The SMILES string of the molecule is Cc1ccc(N=O)c(N)c1C.Cl. The van der Waals surface area contributed by atoms with Crippen LogP contribution in [0.4, 0.5) is 11.4 Å². The van der Waals surface area contributed by atoms with Gasteiger partial charge in [-0.2, -0.15) is 0 Å². The summed E-state index contributed by atoms with van der Waals surface area (Å²) in [5.74, 6) is 0. The molecule has 0 unspecified atom stereocenters. The summed E-state index contributed by atoms with van der Waals surface area (Å²) in [5, 5.41) is 2.80. The minimum absolute atomic E-state index is 0. The van der Waals surface area contributed by atoms with Crippen molar-refractivity contribution >= 4 is 23.8 Å². The summed E-state index contributed by atoms with van der Waals surface area (Å²) in [6, 6.07) is 3.47. The van der Waals surface area contributed by atoms with Crippen molar-refractivity contribution < 1.29 is 0 Å². The minimum atomic E-state index is 0. The lowest BCUT2D eigenvalue weighted by molar-refractivity contribution is 1.33. The van der Waals surface area contributed by atoms with Gasteiger partial charge in [-0.15, -0.1) is 17.3 Å². The van der Waals surface area contributed by atoms with Crippen LogP contribution >= 0.6 is 12.4 Å². The average molecular weight is 187 g/mol. The molecular weight excluding hydrogens is 176 g/mol. The van der Waals surface area contributed by atoms with E-state index in [1.807, 2.05) is 19.9 Å². The molecule has 0 aliphatic carbocycles. The first-order chi connectivity index (χ1) is 5.16. The quantitative estimate of drug-likeness (QED) is 0.542. The molecule has 1 aromatic rings. The van der Waals surface area contributed by atoms with Crippen LogP contribution in [0.3, 0.4) is 0 Å². The standard InChI is InChI=1S/C8H10N2O.ClH/c1-5-3-4-7(10-11)8(9)6(5)2;/h3-4H,9H2,1-2H3;1H. The van der Waals surface area contributed by atoms with Crippen LogP contribution in [0.5, 0.6) is 0 Å². The van der Waals surface area contributed by atoms with Gasteiger partial charge in [0.15, 0.2) is 0 Å². The summed E-state index contributed by atoms with van der Waals surface area (Å²) >= 11 is 0. The zero-order chi connectivity index (χ0) is 8.43. The van der Waals surface area contributed by atoms with Crippen LogP contribution in [0.25, 0.3) is 0 Å². The number of benzene rings is 1. The fourth-order valence-corrected chi connectivity index (χ4v) is 0.903. The molecule has 0 aliphatic rings. The van der Waals surface area contributed by atoms with Gasteiger partial charge in [0.05, 0.1) is 5.69 Å². The van der Waals surface area contributed by atoms with Gasteiger partial charge in [-0.25, -0.2) is 0 Å². The van der Waals surface area contributed by atoms with Crippen molar-refractivity contribution in [3.63, 3.8) is 0 Å². The molecule has 0 spiro atoms. The Morgan fingerprint density at radius 1 is 1.33 bits per heavy atom. The summed E-state index contributed by atoms with van der Waals surface area (Å²) in [7, 11) is 0. The maximum absolute atomic E-state index is 10.2. The maximum Gasteiger partial charge on any atom is 0.131 e. The Kier molecular flexibility index (Phi) is 3.70. The molecule has 0 aliphatic heterocycles. The van der Waals surface area contributed by atoms with Crippen LogP contribution < -0.4 is 5.73 Å². The Labute approximate surface area is 77.3 Å². The van der Waals surface area contributed by atoms with E-state index in [0.717, 1.165) is 11.1 Å². The van der Waals surface area contributed by atoms with Gasteiger partial charge in [0.25, 0.3) is 0 Å². The second kappa shape index (κ2) is 4.07. The highest BCUT2D eigenvalue weighted by atomic mass is 35.5. The molecule has 66 valence electrons. The first kappa shape index (κ1) is 10.9. The van der Waals surface area contributed by atoms with Crippen molar-refractivity contribution in [3.8, 4) is 0 Å². The van der Waals surface area contributed by atoms with Gasteiger partial charge in [0.1, 0.15) is 5.69 Å². The Balaban J connectivity index is 0.00000121. The molecule has 0 saturated heterocycles. The van der Waals surface area contributed by atoms with Gasteiger partial charge in [0.2, 0.25) is 0 Å². The van der Waals surface area contributed by atoms with E-state index in [1.54, 1.807) is 6.07 Å². The molecule has 2 N–H and O–H groups in total. The molecule has 3 nitrogen and oxygen atoms in total. The molecule has 0 aromatic heterocycles. The highest BCUT2D eigenvalue weighted by Gasteiger charge is 2.03. The molecule has 0 amide bonds. The smallest absolute Gasteiger partial charge is 0.131 e. The molecule has 0 atom stereocenters. The van der Waals surface area contributed by atoms with Gasteiger partial charge in [0, 0.05) is 0 Å². The second-order valence-corrected chi connectivity index (χ2v) is 2.53.